The first kappa shape index (κ1) is 28.6. The second-order valence-corrected chi connectivity index (χ2v) is 10.2. The van der Waals surface area contributed by atoms with E-state index in [1.165, 1.54) is 13.2 Å². The van der Waals surface area contributed by atoms with Gasteiger partial charge in [0.15, 0.2) is 0 Å². The van der Waals surface area contributed by atoms with Gasteiger partial charge in [-0.1, -0.05) is 61.3 Å². The number of aromatic nitrogens is 2. The maximum absolute atomic E-state index is 13.3. The number of fused-ring (bicyclic) bond motifs is 1. The Hall–Kier alpha value is -4.95. The number of nitrogens with one attached hydrogen (secondary N) is 2. The lowest BCUT2D eigenvalue weighted by molar-refractivity contribution is 0.0599. The molecule has 1 atom stereocenters. The number of halogens is 1. The lowest BCUT2D eigenvalue weighted by Gasteiger charge is -2.19. The van der Waals surface area contributed by atoms with E-state index >= 15 is 0 Å². The maximum Gasteiger partial charge on any atom is 0.337 e. The Balaban J connectivity index is 1.54. The molecule has 8 nitrogen and oxygen atoms in total. The van der Waals surface area contributed by atoms with E-state index in [0.29, 0.717) is 44.1 Å². The fourth-order valence-electron chi connectivity index (χ4n) is 4.96. The van der Waals surface area contributed by atoms with E-state index in [0.717, 1.165) is 18.4 Å². The SMILES string of the molecule is CCCC(NC(=O)c1ccc(-c2cc(Cl)ccc2-c2nc3cc(C(=O)OC)ccc3[nH]2)c(C(=O)O)c1)c1ccccc1. The van der Waals surface area contributed by atoms with E-state index in [1.807, 2.05) is 37.3 Å². The number of amides is 1. The number of carboxylic acid groups (broad SMARTS) is 1. The number of esters is 1. The number of rotatable bonds is 9. The predicted octanol–water partition coefficient (Wildman–Crippen LogP) is 7.31. The van der Waals surface area contributed by atoms with E-state index in [1.54, 1.807) is 48.5 Å². The molecular formula is C33H28ClN3O5. The first-order chi connectivity index (χ1) is 20.3. The molecule has 1 amide bonds. The smallest absolute Gasteiger partial charge is 0.337 e. The van der Waals surface area contributed by atoms with Crippen LogP contribution in [0, 0.1) is 0 Å². The number of carboxylic acids is 1. The fourth-order valence-corrected chi connectivity index (χ4v) is 5.13. The Morgan fingerprint density at radius 1 is 0.929 bits per heavy atom. The number of H-pyrrole nitrogens is 1. The van der Waals surface area contributed by atoms with Gasteiger partial charge in [0.1, 0.15) is 5.82 Å². The average molecular weight is 582 g/mol. The molecule has 9 heteroatoms. The summed E-state index contributed by atoms with van der Waals surface area (Å²) in [5.74, 6) is -1.57. The second-order valence-electron chi connectivity index (χ2n) is 9.79. The van der Waals surface area contributed by atoms with Gasteiger partial charge in [-0.15, -0.1) is 0 Å². The van der Waals surface area contributed by atoms with Crippen LogP contribution in [0.25, 0.3) is 33.5 Å². The van der Waals surface area contributed by atoms with Crippen molar-refractivity contribution in [2.75, 3.05) is 7.11 Å². The Morgan fingerprint density at radius 2 is 1.67 bits per heavy atom. The molecular weight excluding hydrogens is 554 g/mol. The van der Waals surface area contributed by atoms with E-state index in [4.69, 9.17) is 16.3 Å². The Labute approximate surface area is 247 Å². The summed E-state index contributed by atoms with van der Waals surface area (Å²) in [5, 5.41) is 13.7. The van der Waals surface area contributed by atoms with Gasteiger partial charge in [0, 0.05) is 16.1 Å². The highest BCUT2D eigenvalue weighted by molar-refractivity contribution is 6.31. The number of carbonyl (C=O) groups excluding carboxylic acids is 2. The predicted molar refractivity (Wildman–Crippen MR) is 162 cm³/mol. The van der Waals surface area contributed by atoms with Gasteiger partial charge in [-0.25, -0.2) is 14.6 Å². The zero-order valence-electron chi connectivity index (χ0n) is 23.0. The standard InChI is InChI=1S/C33H28ClN3O5/c1-3-7-27(19-8-5-4-6-9-19)37-31(38)20-10-13-23(26(16-20)32(39)40)25-18-22(34)12-14-24(25)30-35-28-15-11-21(33(41)42-2)17-29(28)36-30/h4-6,8-18,27H,3,7H2,1-2H3,(H,35,36)(H,37,38)(H,39,40). The van der Waals surface area contributed by atoms with Crippen molar-refractivity contribution in [1.82, 2.24) is 15.3 Å². The summed E-state index contributed by atoms with van der Waals surface area (Å²) in [7, 11) is 1.31. The van der Waals surface area contributed by atoms with Crippen LogP contribution in [0.5, 0.6) is 0 Å². The van der Waals surface area contributed by atoms with E-state index in [-0.39, 0.29) is 23.1 Å². The summed E-state index contributed by atoms with van der Waals surface area (Å²) in [6, 6.07) is 24.2. The first-order valence-electron chi connectivity index (χ1n) is 13.4. The summed E-state index contributed by atoms with van der Waals surface area (Å²) < 4.78 is 4.81. The molecule has 42 heavy (non-hydrogen) atoms. The van der Waals surface area contributed by atoms with Crippen molar-refractivity contribution in [1.29, 1.82) is 0 Å². The third kappa shape index (κ3) is 5.89. The molecule has 0 fully saturated rings. The van der Waals surface area contributed by atoms with Gasteiger partial charge in [-0.05, 0) is 71.6 Å². The van der Waals surface area contributed by atoms with Crippen LogP contribution in [0.4, 0.5) is 0 Å². The van der Waals surface area contributed by atoms with Crippen LogP contribution < -0.4 is 5.32 Å². The minimum atomic E-state index is -1.19. The van der Waals surface area contributed by atoms with E-state index in [9.17, 15) is 19.5 Å². The van der Waals surface area contributed by atoms with Gasteiger partial charge < -0.3 is 20.1 Å². The molecule has 0 aliphatic carbocycles. The normalized spacial score (nSPS) is 11.7. The van der Waals surface area contributed by atoms with Gasteiger partial charge in [0.05, 0.1) is 35.3 Å². The summed E-state index contributed by atoms with van der Waals surface area (Å²) in [4.78, 5) is 45.7. The van der Waals surface area contributed by atoms with Crippen LogP contribution in [-0.2, 0) is 4.74 Å². The molecule has 1 aromatic heterocycles. The molecule has 0 spiro atoms. The molecule has 0 radical (unpaired) electrons. The van der Waals surface area contributed by atoms with Crippen LogP contribution in [0.1, 0.15) is 62.4 Å². The Kier molecular flexibility index (Phi) is 8.36. The number of hydrogen-bond acceptors (Lipinski definition) is 5. The lowest BCUT2D eigenvalue weighted by atomic mass is 9.93. The van der Waals surface area contributed by atoms with Crippen molar-refractivity contribution in [2.45, 2.75) is 25.8 Å². The molecule has 212 valence electrons. The molecule has 0 bridgehead atoms. The van der Waals surface area contributed by atoms with E-state index < -0.39 is 11.9 Å². The van der Waals surface area contributed by atoms with Crippen LogP contribution in [0.2, 0.25) is 5.02 Å². The fraction of sp³-hybridized carbons (Fsp3) is 0.152. The van der Waals surface area contributed by atoms with Gasteiger partial charge in [-0.3, -0.25) is 4.79 Å². The minimum absolute atomic E-state index is 0.0537. The van der Waals surface area contributed by atoms with Gasteiger partial charge in [0.25, 0.3) is 5.91 Å². The molecule has 4 aromatic carbocycles. The third-order valence-electron chi connectivity index (χ3n) is 7.03. The van der Waals surface area contributed by atoms with Crippen LogP contribution in [-0.4, -0.2) is 40.0 Å². The largest absolute Gasteiger partial charge is 0.478 e. The van der Waals surface area contributed by atoms with Crippen molar-refractivity contribution < 1.29 is 24.2 Å². The molecule has 1 unspecified atom stereocenters. The van der Waals surface area contributed by atoms with Crippen LogP contribution in [0.3, 0.4) is 0 Å². The van der Waals surface area contributed by atoms with Gasteiger partial charge >= 0.3 is 11.9 Å². The van der Waals surface area contributed by atoms with Crippen molar-refractivity contribution in [3.63, 3.8) is 0 Å². The Bertz CT molecular complexity index is 1800. The monoisotopic (exact) mass is 581 g/mol. The molecule has 0 saturated carbocycles. The second kappa shape index (κ2) is 12.3. The number of nitrogens with zero attached hydrogens (tertiary/aromatic N) is 1. The van der Waals surface area contributed by atoms with Gasteiger partial charge in [-0.2, -0.15) is 0 Å². The summed E-state index contributed by atoms with van der Waals surface area (Å²) >= 11 is 6.37. The molecule has 0 aliphatic rings. The minimum Gasteiger partial charge on any atom is -0.478 e. The number of ether oxygens (including phenoxy) is 1. The highest BCUT2D eigenvalue weighted by Crippen LogP contribution is 2.36. The van der Waals surface area contributed by atoms with Crippen molar-refractivity contribution in [2.24, 2.45) is 0 Å². The first-order valence-corrected chi connectivity index (χ1v) is 13.8. The maximum atomic E-state index is 13.3. The number of hydrogen-bond donors (Lipinski definition) is 3. The molecule has 3 N–H and O–H groups in total. The zero-order chi connectivity index (χ0) is 29.8. The van der Waals surface area contributed by atoms with Crippen LogP contribution >= 0.6 is 11.6 Å². The topological polar surface area (TPSA) is 121 Å². The van der Waals surface area contributed by atoms with E-state index in [2.05, 4.69) is 15.3 Å². The number of benzene rings is 4. The molecule has 1 heterocycles. The molecule has 0 aliphatic heterocycles. The molecule has 5 rings (SSSR count). The highest BCUT2D eigenvalue weighted by Gasteiger charge is 2.22. The van der Waals surface area contributed by atoms with Crippen molar-refractivity contribution in [3.05, 3.63) is 112 Å². The number of imidazole rings is 1. The van der Waals surface area contributed by atoms with Crippen LogP contribution in [0.15, 0.2) is 84.9 Å². The Morgan fingerprint density at radius 3 is 2.38 bits per heavy atom. The number of methoxy groups -OCH3 is 1. The molecule has 5 aromatic rings. The highest BCUT2D eigenvalue weighted by atomic mass is 35.5. The number of aromatic amines is 1. The summed E-state index contributed by atoms with van der Waals surface area (Å²) in [5.41, 5.74) is 4.24. The summed E-state index contributed by atoms with van der Waals surface area (Å²) in [6.07, 6.45) is 1.60. The third-order valence-corrected chi connectivity index (χ3v) is 7.26. The molecule has 0 saturated heterocycles. The quantitative estimate of drug-likeness (QED) is 0.157. The number of aromatic carboxylic acids is 1. The average Bonchev–Trinajstić information content (AvgIpc) is 3.43. The van der Waals surface area contributed by atoms with Gasteiger partial charge in [0.2, 0.25) is 0 Å². The number of carbonyl (C=O) groups is 3. The lowest BCUT2D eigenvalue weighted by Crippen LogP contribution is -2.28. The van der Waals surface area contributed by atoms with Crippen molar-refractivity contribution in [3.8, 4) is 22.5 Å². The zero-order valence-corrected chi connectivity index (χ0v) is 23.7. The van der Waals surface area contributed by atoms with Crippen molar-refractivity contribution >= 4 is 40.5 Å². The summed E-state index contributed by atoms with van der Waals surface area (Å²) in [6.45, 7) is 2.04.